The number of hydrogen-bond donors (Lipinski definition) is 1. The van der Waals surface area contributed by atoms with Crippen LogP contribution in [0, 0.1) is 5.82 Å². The highest BCUT2D eigenvalue weighted by Gasteiger charge is 2.51. The number of amides is 1. The average Bonchev–Trinajstić information content (AvgIpc) is 3.39. The van der Waals surface area contributed by atoms with Crippen LogP contribution in [0.25, 0.3) is 0 Å². The summed E-state index contributed by atoms with van der Waals surface area (Å²) in [4.78, 5) is 17.1. The van der Waals surface area contributed by atoms with E-state index in [1.165, 1.54) is 17.7 Å². The number of rotatable bonds is 7. The van der Waals surface area contributed by atoms with Gasteiger partial charge in [0.25, 0.3) is 0 Å². The van der Waals surface area contributed by atoms with E-state index in [4.69, 9.17) is 0 Å². The smallest absolute Gasteiger partial charge is 0.230 e. The summed E-state index contributed by atoms with van der Waals surface area (Å²) in [5.41, 5.74) is 1.63. The Kier molecular flexibility index (Phi) is 4.75. The summed E-state index contributed by atoms with van der Waals surface area (Å²) in [6.07, 6.45) is 6.05. The van der Waals surface area contributed by atoms with Crippen LogP contribution in [0.4, 0.5) is 4.39 Å². The van der Waals surface area contributed by atoms with Crippen LogP contribution in [-0.4, -0.2) is 22.0 Å². The summed E-state index contributed by atoms with van der Waals surface area (Å²) < 4.78 is 15.2. The summed E-state index contributed by atoms with van der Waals surface area (Å²) in [5, 5.41) is 3.04. The molecule has 0 spiro atoms. The maximum Gasteiger partial charge on any atom is 0.230 e. The van der Waals surface area contributed by atoms with Crippen LogP contribution in [0.5, 0.6) is 0 Å². The molecule has 0 aliphatic heterocycles. The highest BCUT2D eigenvalue weighted by Crippen LogP contribution is 2.48. The monoisotopic (exact) mass is 363 g/mol. The van der Waals surface area contributed by atoms with Gasteiger partial charge in [-0.3, -0.25) is 4.79 Å². The van der Waals surface area contributed by atoms with Crippen LogP contribution in [0.1, 0.15) is 29.8 Å². The Morgan fingerprint density at radius 2 is 1.85 bits per heavy atom. The predicted molar refractivity (Wildman–Crippen MR) is 102 cm³/mol. The van der Waals surface area contributed by atoms with Crippen molar-refractivity contribution in [3.63, 3.8) is 0 Å². The SMILES string of the molecule is O=C(NCCc1nccn1Cc1ccccc1)C1(c2ccc(F)cc2)CC1. The number of nitrogens with zero attached hydrogens (tertiary/aromatic N) is 2. The van der Waals surface area contributed by atoms with Gasteiger partial charge < -0.3 is 9.88 Å². The van der Waals surface area contributed by atoms with Crippen molar-refractivity contribution in [3.05, 3.63) is 89.8 Å². The van der Waals surface area contributed by atoms with Crippen LogP contribution < -0.4 is 5.32 Å². The second-order valence-electron chi connectivity index (χ2n) is 7.05. The molecule has 138 valence electrons. The molecule has 2 aromatic carbocycles. The lowest BCUT2D eigenvalue weighted by Crippen LogP contribution is -2.36. The second kappa shape index (κ2) is 7.35. The van der Waals surface area contributed by atoms with Gasteiger partial charge >= 0.3 is 0 Å². The van der Waals surface area contributed by atoms with Crippen LogP contribution >= 0.6 is 0 Å². The summed E-state index contributed by atoms with van der Waals surface area (Å²) in [6, 6.07) is 16.5. The zero-order valence-electron chi connectivity index (χ0n) is 15.1. The van der Waals surface area contributed by atoms with Gasteiger partial charge in [-0.25, -0.2) is 9.37 Å². The number of halogens is 1. The molecule has 1 amide bonds. The average molecular weight is 363 g/mol. The Hall–Kier alpha value is -2.95. The Morgan fingerprint density at radius 1 is 1.11 bits per heavy atom. The molecular weight excluding hydrogens is 341 g/mol. The summed E-state index contributed by atoms with van der Waals surface area (Å²) in [7, 11) is 0. The minimum absolute atomic E-state index is 0.0234. The maximum absolute atomic E-state index is 13.1. The fourth-order valence-corrected chi connectivity index (χ4v) is 3.49. The number of imidazole rings is 1. The molecule has 27 heavy (non-hydrogen) atoms. The Bertz CT molecular complexity index is 914. The first-order valence-corrected chi connectivity index (χ1v) is 9.26. The molecule has 4 nitrogen and oxygen atoms in total. The number of benzene rings is 2. The van der Waals surface area contributed by atoms with Gasteiger partial charge in [-0.05, 0) is 36.1 Å². The van der Waals surface area contributed by atoms with Crippen molar-refractivity contribution >= 4 is 5.91 Å². The van der Waals surface area contributed by atoms with Gasteiger partial charge in [0, 0.05) is 31.9 Å². The topological polar surface area (TPSA) is 46.9 Å². The van der Waals surface area contributed by atoms with Crippen LogP contribution in [-0.2, 0) is 23.2 Å². The molecule has 0 radical (unpaired) electrons. The van der Waals surface area contributed by atoms with Crippen molar-refractivity contribution < 1.29 is 9.18 Å². The van der Waals surface area contributed by atoms with Crippen molar-refractivity contribution in [2.45, 2.75) is 31.2 Å². The summed E-state index contributed by atoms with van der Waals surface area (Å²) >= 11 is 0. The first kappa shape index (κ1) is 17.5. The summed E-state index contributed by atoms with van der Waals surface area (Å²) in [5.74, 6) is 0.696. The van der Waals surface area contributed by atoms with Gasteiger partial charge in [0.1, 0.15) is 11.6 Å². The maximum atomic E-state index is 13.1. The molecule has 0 atom stereocenters. The molecular formula is C22H22FN3O. The molecule has 4 rings (SSSR count). The van der Waals surface area contributed by atoms with Crippen molar-refractivity contribution in [2.24, 2.45) is 0 Å². The number of carbonyl (C=O) groups is 1. The van der Waals surface area contributed by atoms with Gasteiger partial charge in [-0.1, -0.05) is 42.5 Å². The van der Waals surface area contributed by atoms with E-state index in [0.717, 1.165) is 30.8 Å². The molecule has 1 fully saturated rings. The molecule has 0 unspecified atom stereocenters. The van der Waals surface area contributed by atoms with E-state index in [1.54, 1.807) is 18.3 Å². The first-order valence-electron chi connectivity index (χ1n) is 9.26. The number of aromatic nitrogens is 2. The zero-order chi connectivity index (χ0) is 18.7. The minimum atomic E-state index is -0.479. The van der Waals surface area contributed by atoms with Gasteiger partial charge in [0.15, 0.2) is 0 Å². The Balaban J connectivity index is 1.35. The van der Waals surface area contributed by atoms with E-state index in [1.807, 2.05) is 24.4 Å². The first-order chi connectivity index (χ1) is 13.2. The molecule has 1 heterocycles. The Labute approximate surface area is 158 Å². The van der Waals surface area contributed by atoms with Crippen LogP contribution in [0.2, 0.25) is 0 Å². The van der Waals surface area contributed by atoms with Gasteiger partial charge in [0.2, 0.25) is 5.91 Å². The number of hydrogen-bond acceptors (Lipinski definition) is 2. The molecule has 1 aromatic heterocycles. The quantitative estimate of drug-likeness (QED) is 0.699. The highest BCUT2D eigenvalue weighted by atomic mass is 19.1. The lowest BCUT2D eigenvalue weighted by atomic mass is 9.95. The highest BCUT2D eigenvalue weighted by molar-refractivity contribution is 5.91. The van der Waals surface area contributed by atoms with Crippen molar-refractivity contribution in [1.82, 2.24) is 14.9 Å². The Morgan fingerprint density at radius 3 is 2.56 bits per heavy atom. The van der Waals surface area contributed by atoms with Crippen LogP contribution in [0.15, 0.2) is 67.0 Å². The fraction of sp³-hybridized carbons (Fsp3) is 0.273. The van der Waals surface area contributed by atoms with E-state index < -0.39 is 5.41 Å². The number of nitrogens with one attached hydrogen (secondary N) is 1. The van der Waals surface area contributed by atoms with Crippen molar-refractivity contribution in [3.8, 4) is 0 Å². The molecule has 3 aromatic rings. The molecule has 1 N–H and O–H groups in total. The molecule has 1 saturated carbocycles. The van der Waals surface area contributed by atoms with E-state index in [2.05, 4.69) is 27.0 Å². The van der Waals surface area contributed by atoms with Crippen molar-refractivity contribution in [1.29, 1.82) is 0 Å². The van der Waals surface area contributed by atoms with Gasteiger partial charge in [-0.2, -0.15) is 0 Å². The van der Waals surface area contributed by atoms with E-state index in [-0.39, 0.29) is 11.7 Å². The molecule has 0 bridgehead atoms. The second-order valence-corrected chi connectivity index (χ2v) is 7.05. The third kappa shape index (κ3) is 3.77. The van der Waals surface area contributed by atoms with Crippen LogP contribution in [0.3, 0.4) is 0 Å². The van der Waals surface area contributed by atoms with E-state index in [9.17, 15) is 9.18 Å². The van der Waals surface area contributed by atoms with E-state index >= 15 is 0 Å². The summed E-state index contributed by atoms with van der Waals surface area (Å²) in [6.45, 7) is 1.30. The van der Waals surface area contributed by atoms with E-state index in [0.29, 0.717) is 13.0 Å². The van der Waals surface area contributed by atoms with Gasteiger partial charge in [-0.15, -0.1) is 0 Å². The molecule has 1 aliphatic rings. The fourth-order valence-electron chi connectivity index (χ4n) is 3.49. The minimum Gasteiger partial charge on any atom is -0.355 e. The predicted octanol–water partition coefficient (Wildman–Crippen LogP) is 3.46. The zero-order valence-corrected chi connectivity index (χ0v) is 15.1. The molecule has 1 aliphatic carbocycles. The lowest BCUT2D eigenvalue weighted by Gasteiger charge is -2.16. The van der Waals surface area contributed by atoms with Crippen molar-refractivity contribution in [2.75, 3.05) is 6.54 Å². The molecule has 5 heteroatoms. The third-order valence-corrected chi connectivity index (χ3v) is 5.21. The number of carbonyl (C=O) groups excluding carboxylic acids is 1. The standard InChI is InChI=1S/C22H22FN3O/c23-19-8-6-18(7-9-19)22(11-12-22)21(27)25-13-10-20-24-14-15-26(20)16-17-4-2-1-3-5-17/h1-9,14-15H,10-13,16H2,(H,25,27). The third-order valence-electron chi connectivity index (χ3n) is 5.21. The normalized spacial score (nSPS) is 14.7. The van der Waals surface area contributed by atoms with Gasteiger partial charge in [0.05, 0.1) is 5.41 Å². The largest absolute Gasteiger partial charge is 0.355 e. The molecule has 0 saturated heterocycles. The lowest BCUT2D eigenvalue weighted by molar-refractivity contribution is -0.123.